The number of carbonyl (C=O) groups is 1. The van der Waals surface area contributed by atoms with Gasteiger partial charge >= 0.3 is 6.18 Å². The standard InChI is InChI=1S/C8H12F3NO/c9-8(10,11)5-12(6-13)7-3-1-2-4-7/h6-7H,1-5H2. The van der Waals surface area contributed by atoms with Gasteiger partial charge in [0.1, 0.15) is 6.54 Å². The molecule has 0 aromatic rings. The van der Waals surface area contributed by atoms with Crippen molar-refractivity contribution in [2.45, 2.75) is 37.9 Å². The zero-order valence-corrected chi connectivity index (χ0v) is 7.18. The van der Waals surface area contributed by atoms with Crippen LogP contribution in [0.4, 0.5) is 13.2 Å². The number of nitrogens with zero attached hydrogens (tertiary/aromatic N) is 1. The molecular formula is C8H12F3NO. The third kappa shape index (κ3) is 3.24. The third-order valence-electron chi connectivity index (χ3n) is 2.29. The van der Waals surface area contributed by atoms with Gasteiger partial charge in [-0.25, -0.2) is 0 Å². The van der Waals surface area contributed by atoms with Crippen LogP contribution in [0.2, 0.25) is 0 Å². The molecule has 0 aliphatic heterocycles. The Balaban J connectivity index is 2.46. The van der Waals surface area contributed by atoms with Crippen molar-refractivity contribution in [1.82, 2.24) is 4.90 Å². The van der Waals surface area contributed by atoms with E-state index in [-0.39, 0.29) is 6.04 Å². The summed E-state index contributed by atoms with van der Waals surface area (Å²) < 4.78 is 35.8. The highest BCUT2D eigenvalue weighted by atomic mass is 19.4. The highest BCUT2D eigenvalue weighted by molar-refractivity contribution is 5.48. The maximum Gasteiger partial charge on any atom is 0.406 e. The van der Waals surface area contributed by atoms with E-state index >= 15 is 0 Å². The summed E-state index contributed by atoms with van der Waals surface area (Å²) in [5.41, 5.74) is 0. The second-order valence-electron chi connectivity index (χ2n) is 3.33. The Kier molecular flexibility index (Phi) is 3.17. The Morgan fingerprint density at radius 2 is 1.85 bits per heavy atom. The summed E-state index contributed by atoms with van der Waals surface area (Å²) in [7, 11) is 0. The van der Waals surface area contributed by atoms with Gasteiger partial charge in [-0.05, 0) is 12.8 Å². The first kappa shape index (κ1) is 10.3. The van der Waals surface area contributed by atoms with Crippen molar-refractivity contribution in [3.8, 4) is 0 Å². The fraction of sp³-hybridized carbons (Fsp3) is 0.875. The average molecular weight is 195 g/mol. The predicted octanol–water partition coefficient (Wildman–Crippen LogP) is 1.95. The van der Waals surface area contributed by atoms with E-state index in [0.717, 1.165) is 17.7 Å². The minimum atomic E-state index is -4.27. The van der Waals surface area contributed by atoms with Crippen LogP contribution in [0, 0.1) is 0 Å². The van der Waals surface area contributed by atoms with Crippen LogP contribution in [0.3, 0.4) is 0 Å². The predicted molar refractivity (Wildman–Crippen MR) is 41.1 cm³/mol. The van der Waals surface area contributed by atoms with Crippen LogP contribution >= 0.6 is 0 Å². The molecule has 76 valence electrons. The lowest BCUT2D eigenvalue weighted by atomic mass is 10.2. The van der Waals surface area contributed by atoms with Crippen molar-refractivity contribution in [2.24, 2.45) is 0 Å². The Morgan fingerprint density at radius 1 is 1.31 bits per heavy atom. The molecule has 0 spiro atoms. The molecular weight excluding hydrogens is 183 g/mol. The molecule has 0 radical (unpaired) electrons. The summed E-state index contributed by atoms with van der Waals surface area (Å²) in [5.74, 6) is 0. The zero-order valence-electron chi connectivity index (χ0n) is 7.18. The first-order chi connectivity index (χ1) is 6.03. The van der Waals surface area contributed by atoms with Crippen molar-refractivity contribution in [3.63, 3.8) is 0 Å². The SMILES string of the molecule is O=CN(CC(F)(F)F)C1CCCC1. The second-order valence-corrected chi connectivity index (χ2v) is 3.33. The summed E-state index contributed by atoms with van der Waals surface area (Å²) in [6.45, 7) is -1.11. The molecule has 0 atom stereocenters. The van der Waals surface area contributed by atoms with Gasteiger partial charge in [0.25, 0.3) is 0 Å². The number of carbonyl (C=O) groups excluding carboxylic acids is 1. The zero-order chi connectivity index (χ0) is 9.90. The van der Waals surface area contributed by atoms with Crippen molar-refractivity contribution in [1.29, 1.82) is 0 Å². The van der Waals surface area contributed by atoms with Gasteiger partial charge in [0, 0.05) is 6.04 Å². The average Bonchev–Trinajstić information content (AvgIpc) is 2.50. The minimum absolute atomic E-state index is 0.195. The number of amides is 1. The normalized spacial score (nSPS) is 19.0. The second kappa shape index (κ2) is 3.98. The fourth-order valence-electron chi connectivity index (χ4n) is 1.70. The Labute approximate surface area is 74.7 Å². The molecule has 1 amide bonds. The Bertz CT molecular complexity index is 175. The monoisotopic (exact) mass is 195 g/mol. The van der Waals surface area contributed by atoms with E-state index in [0.29, 0.717) is 19.3 Å². The largest absolute Gasteiger partial charge is 0.406 e. The lowest BCUT2D eigenvalue weighted by molar-refractivity contribution is -0.158. The van der Waals surface area contributed by atoms with Crippen molar-refractivity contribution in [2.75, 3.05) is 6.54 Å². The first-order valence-corrected chi connectivity index (χ1v) is 4.31. The van der Waals surface area contributed by atoms with Gasteiger partial charge in [-0.1, -0.05) is 12.8 Å². The number of hydrogen-bond donors (Lipinski definition) is 0. The van der Waals surface area contributed by atoms with Crippen LogP contribution in [0.15, 0.2) is 0 Å². The van der Waals surface area contributed by atoms with Gasteiger partial charge in [0.05, 0.1) is 0 Å². The van der Waals surface area contributed by atoms with Crippen molar-refractivity contribution in [3.05, 3.63) is 0 Å². The van der Waals surface area contributed by atoms with Gasteiger partial charge in [-0.15, -0.1) is 0 Å². The summed E-state index contributed by atoms with van der Waals surface area (Å²) in [6, 6.07) is -0.195. The quantitative estimate of drug-likeness (QED) is 0.630. The van der Waals surface area contributed by atoms with Gasteiger partial charge in [0.2, 0.25) is 6.41 Å². The molecule has 5 heteroatoms. The fourth-order valence-corrected chi connectivity index (χ4v) is 1.70. The number of halogens is 3. The molecule has 0 heterocycles. The number of hydrogen-bond acceptors (Lipinski definition) is 1. The van der Waals surface area contributed by atoms with E-state index in [4.69, 9.17) is 0 Å². The maximum atomic E-state index is 11.9. The number of alkyl halides is 3. The molecule has 0 aromatic heterocycles. The molecule has 1 aliphatic carbocycles. The molecule has 0 aromatic carbocycles. The van der Waals surface area contributed by atoms with Gasteiger partial charge in [0.15, 0.2) is 0 Å². The highest BCUT2D eigenvalue weighted by Crippen LogP contribution is 2.25. The molecule has 0 saturated heterocycles. The van der Waals surface area contributed by atoms with Crippen molar-refractivity contribution >= 4 is 6.41 Å². The smallest absolute Gasteiger partial charge is 0.333 e. The van der Waals surface area contributed by atoms with E-state index in [1.54, 1.807) is 0 Å². The topological polar surface area (TPSA) is 20.3 Å². The van der Waals surface area contributed by atoms with Gasteiger partial charge in [-0.2, -0.15) is 13.2 Å². The van der Waals surface area contributed by atoms with E-state index in [9.17, 15) is 18.0 Å². The van der Waals surface area contributed by atoms with E-state index in [2.05, 4.69) is 0 Å². The maximum absolute atomic E-state index is 11.9. The Morgan fingerprint density at radius 3 is 2.23 bits per heavy atom. The summed E-state index contributed by atoms with van der Waals surface area (Å²) in [5, 5.41) is 0. The van der Waals surface area contributed by atoms with Crippen LogP contribution in [0.1, 0.15) is 25.7 Å². The molecule has 0 unspecified atom stereocenters. The molecule has 0 bridgehead atoms. The minimum Gasteiger partial charge on any atom is -0.333 e. The van der Waals surface area contributed by atoms with Crippen LogP contribution in [-0.2, 0) is 4.79 Å². The van der Waals surface area contributed by atoms with Gasteiger partial charge < -0.3 is 4.90 Å². The van der Waals surface area contributed by atoms with Crippen LogP contribution in [0.5, 0.6) is 0 Å². The van der Waals surface area contributed by atoms with E-state index < -0.39 is 12.7 Å². The lowest BCUT2D eigenvalue weighted by Gasteiger charge is -2.25. The highest BCUT2D eigenvalue weighted by Gasteiger charge is 2.34. The van der Waals surface area contributed by atoms with Crippen LogP contribution < -0.4 is 0 Å². The molecule has 0 N–H and O–H groups in total. The molecule has 1 rings (SSSR count). The van der Waals surface area contributed by atoms with E-state index in [1.807, 2.05) is 0 Å². The van der Waals surface area contributed by atoms with Crippen LogP contribution in [0.25, 0.3) is 0 Å². The molecule has 13 heavy (non-hydrogen) atoms. The molecule has 1 fully saturated rings. The molecule has 2 nitrogen and oxygen atoms in total. The first-order valence-electron chi connectivity index (χ1n) is 4.31. The number of rotatable bonds is 3. The third-order valence-corrected chi connectivity index (χ3v) is 2.29. The van der Waals surface area contributed by atoms with Crippen molar-refractivity contribution < 1.29 is 18.0 Å². The Hall–Kier alpha value is -0.740. The summed E-state index contributed by atoms with van der Waals surface area (Å²) in [6.07, 6.45) is -0.712. The molecule has 1 saturated carbocycles. The van der Waals surface area contributed by atoms with Crippen LogP contribution in [-0.4, -0.2) is 30.1 Å². The lowest BCUT2D eigenvalue weighted by Crippen LogP contribution is -2.39. The summed E-state index contributed by atoms with van der Waals surface area (Å²) >= 11 is 0. The van der Waals surface area contributed by atoms with E-state index in [1.165, 1.54) is 0 Å². The molecule has 1 aliphatic rings. The van der Waals surface area contributed by atoms with Gasteiger partial charge in [-0.3, -0.25) is 4.79 Å². The summed E-state index contributed by atoms with van der Waals surface area (Å²) in [4.78, 5) is 11.3.